The number of carbonyl (C=O) groups excluding carboxylic acids is 1. The fourth-order valence-electron chi connectivity index (χ4n) is 0.921. The van der Waals surface area contributed by atoms with Crippen molar-refractivity contribution in [1.29, 1.82) is 0 Å². The molecule has 66 valence electrons. The van der Waals surface area contributed by atoms with E-state index in [2.05, 4.69) is 5.16 Å². The second-order valence-electron chi connectivity index (χ2n) is 3.87. The maximum Gasteiger partial charge on any atom is 0.173 e. The van der Waals surface area contributed by atoms with Crippen molar-refractivity contribution in [3.05, 3.63) is 17.5 Å². The molecule has 0 N–H and O–H groups in total. The Hall–Kier alpha value is -1.12. The molecule has 0 atom stereocenters. The monoisotopic (exact) mass is 167 g/mol. The van der Waals surface area contributed by atoms with Crippen LogP contribution in [-0.4, -0.2) is 10.9 Å². The molecular weight excluding hydrogens is 154 g/mol. The molecule has 0 aromatic carbocycles. The van der Waals surface area contributed by atoms with Crippen LogP contribution in [0.1, 0.15) is 36.9 Å². The number of hydrogen-bond donors (Lipinski definition) is 0. The van der Waals surface area contributed by atoms with E-state index in [1.807, 2.05) is 20.8 Å². The predicted octanol–water partition coefficient (Wildman–Crippen LogP) is 2.21. The number of carbonyl (C=O) groups is 1. The molecule has 3 heteroatoms. The molecule has 0 aliphatic heterocycles. The van der Waals surface area contributed by atoms with Gasteiger partial charge in [-0.2, -0.15) is 0 Å². The van der Waals surface area contributed by atoms with Crippen molar-refractivity contribution in [3.63, 3.8) is 0 Å². The van der Waals surface area contributed by atoms with Gasteiger partial charge in [-0.05, 0) is 6.92 Å². The third kappa shape index (κ3) is 1.55. The molecule has 12 heavy (non-hydrogen) atoms. The third-order valence-corrected chi connectivity index (χ3v) is 1.68. The topological polar surface area (TPSA) is 43.1 Å². The normalized spacial score (nSPS) is 11.7. The van der Waals surface area contributed by atoms with Crippen LogP contribution >= 0.6 is 0 Å². The lowest BCUT2D eigenvalue weighted by Gasteiger charge is -2.14. The average molecular weight is 167 g/mol. The number of nitrogens with zero attached hydrogens (tertiary/aromatic N) is 1. The number of aryl methyl sites for hydroxylation is 1. The number of rotatable bonds is 1. The molecule has 0 saturated carbocycles. The minimum atomic E-state index is -0.365. The molecule has 1 aromatic rings. The molecule has 0 saturated heterocycles. The first kappa shape index (κ1) is 8.97. The maximum absolute atomic E-state index is 11.6. The van der Waals surface area contributed by atoms with Crippen LogP contribution in [-0.2, 0) is 0 Å². The highest BCUT2D eigenvalue weighted by molar-refractivity contribution is 6.00. The first-order valence-electron chi connectivity index (χ1n) is 3.89. The van der Waals surface area contributed by atoms with Crippen LogP contribution in [0.2, 0.25) is 0 Å². The maximum atomic E-state index is 11.6. The molecular formula is C9H13NO2. The largest absolute Gasteiger partial charge is 0.361 e. The third-order valence-electron chi connectivity index (χ3n) is 1.68. The van der Waals surface area contributed by atoms with Crippen LogP contribution in [0.3, 0.4) is 0 Å². The van der Waals surface area contributed by atoms with Crippen LogP contribution in [0.5, 0.6) is 0 Å². The second-order valence-corrected chi connectivity index (χ2v) is 3.87. The highest BCUT2D eigenvalue weighted by Crippen LogP contribution is 2.22. The van der Waals surface area contributed by atoms with Gasteiger partial charge in [0.25, 0.3) is 0 Å². The van der Waals surface area contributed by atoms with E-state index in [0.29, 0.717) is 11.3 Å². The average Bonchev–Trinajstić information content (AvgIpc) is 2.31. The molecule has 0 aliphatic carbocycles. The van der Waals surface area contributed by atoms with Crippen LogP contribution in [0, 0.1) is 12.3 Å². The lowest BCUT2D eigenvalue weighted by molar-refractivity contribution is 0.0856. The molecule has 0 fully saturated rings. The van der Waals surface area contributed by atoms with E-state index in [4.69, 9.17) is 4.52 Å². The Kier molecular flexibility index (Phi) is 2.04. The number of ketones is 1. The highest BCUT2D eigenvalue weighted by atomic mass is 16.5. The van der Waals surface area contributed by atoms with Gasteiger partial charge in [0.15, 0.2) is 5.78 Å². The molecule has 1 rings (SSSR count). The summed E-state index contributed by atoms with van der Waals surface area (Å²) < 4.78 is 4.81. The first-order chi connectivity index (χ1) is 5.43. The first-order valence-corrected chi connectivity index (χ1v) is 3.89. The molecule has 0 bridgehead atoms. The summed E-state index contributed by atoms with van der Waals surface area (Å²) in [6.07, 6.45) is 1.48. The van der Waals surface area contributed by atoms with Gasteiger partial charge in [0.2, 0.25) is 0 Å². The Labute approximate surface area is 71.7 Å². The minimum Gasteiger partial charge on any atom is -0.361 e. The molecule has 1 aromatic heterocycles. The Morgan fingerprint density at radius 3 is 2.42 bits per heavy atom. The Morgan fingerprint density at radius 1 is 1.50 bits per heavy atom. The highest BCUT2D eigenvalue weighted by Gasteiger charge is 2.25. The summed E-state index contributed by atoms with van der Waals surface area (Å²) in [6.45, 7) is 7.37. The van der Waals surface area contributed by atoms with E-state index in [-0.39, 0.29) is 11.2 Å². The van der Waals surface area contributed by atoms with E-state index in [1.165, 1.54) is 6.20 Å². The van der Waals surface area contributed by atoms with Crippen LogP contribution in [0.4, 0.5) is 0 Å². The van der Waals surface area contributed by atoms with Gasteiger partial charge in [-0.3, -0.25) is 4.79 Å². The van der Waals surface area contributed by atoms with E-state index in [1.54, 1.807) is 6.92 Å². The molecule has 0 aliphatic rings. The van der Waals surface area contributed by atoms with E-state index in [0.717, 1.165) is 0 Å². The quantitative estimate of drug-likeness (QED) is 0.602. The molecule has 0 amide bonds. The summed E-state index contributed by atoms with van der Waals surface area (Å²) in [6, 6.07) is 0. The zero-order valence-electron chi connectivity index (χ0n) is 7.84. The van der Waals surface area contributed by atoms with Gasteiger partial charge >= 0.3 is 0 Å². The lowest BCUT2D eigenvalue weighted by Crippen LogP contribution is -2.20. The van der Waals surface area contributed by atoms with Crippen molar-refractivity contribution < 1.29 is 9.32 Å². The van der Waals surface area contributed by atoms with Gasteiger partial charge in [-0.25, -0.2) is 0 Å². The van der Waals surface area contributed by atoms with Gasteiger partial charge in [0, 0.05) is 5.41 Å². The van der Waals surface area contributed by atoms with Crippen LogP contribution < -0.4 is 0 Å². The molecule has 1 heterocycles. The molecule has 3 nitrogen and oxygen atoms in total. The van der Waals surface area contributed by atoms with Gasteiger partial charge in [0.05, 0.1) is 11.8 Å². The number of hydrogen-bond acceptors (Lipinski definition) is 3. The van der Waals surface area contributed by atoms with Gasteiger partial charge in [0.1, 0.15) is 5.76 Å². The Balaban J connectivity index is 3.01. The van der Waals surface area contributed by atoms with Crippen LogP contribution in [0.25, 0.3) is 0 Å². The van der Waals surface area contributed by atoms with Gasteiger partial charge < -0.3 is 4.52 Å². The van der Waals surface area contributed by atoms with Gasteiger partial charge in [-0.15, -0.1) is 0 Å². The molecule has 0 spiro atoms. The van der Waals surface area contributed by atoms with Crippen molar-refractivity contribution >= 4 is 5.78 Å². The fourth-order valence-corrected chi connectivity index (χ4v) is 0.921. The van der Waals surface area contributed by atoms with Crippen molar-refractivity contribution in [2.45, 2.75) is 27.7 Å². The Morgan fingerprint density at radius 2 is 2.08 bits per heavy atom. The summed E-state index contributed by atoms with van der Waals surface area (Å²) in [5.41, 5.74) is 0.221. The van der Waals surface area contributed by atoms with Crippen molar-refractivity contribution in [2.24, 2.45) is 5.41 Å². The minimum absolute atomic E-state index is 0.0706. The number of aromatic nitrogens is 1. The van der Waals surface area contributed by atoms with Gasteiger partial charge in [-0.1, -0.05) is 25.9 Å². The van der Waals surface area contributed by atoms with Crippen molar-refractivity contribution in [1.82, 2.24) is 5.16 Å². The predicted molar refractivity (Wildman–Crippen MR) is 45.0 cm³/mol. The van der Waals surface area contributed by atoms with E-state index >= 15 is 0 Å². The standard InChI is InChI=1S/C9H13NO2/c1-6-7(5-10-12-6)8(11)9(2,3)4/h5H,1-4H3. The van der Waals surface area contributed by atoms with Crippen molar-refractivity contribution in [3.8, 4) is 0 Å². The SMILES string of the molecule is Cc1oncc1C(=O)C(C)(C)C. The van der Waals surface area contributed by atoms with Crippen LogP contribution in [0.15, 0.2) is 10.7 Å². The second kappa shape index (κ2) is 2.73. The summed E-state index contributed by atoms with van der Waals surface area (Å²) in [5.74, 6) is 0.663. The Bertz CT molecular complexity index is 294. The zero-order valence-corrected chi connectivity index (χ0v) is 7.84. The summed E-state index contributed by atoms with van der Waals surface area (Å²) in [4.78, 5) is 11.6. The van der Waals surface area contributed by atoms with Crippen molar-refractivity contribution in [2.75, 3.05) is 0 Å². The van der Waals surface area contributed by atoms with E-state index < -0.39 is 0 Å². The number of Topliss-reactive ketones (excluding diaryl/α,β-unsaturated/α-hetero) is 1. The summed E-state index contributed by atoms with van der Waals surface area (Å²) >= 11 is 0. The summed E-state index contributed by atoms with van der Waals surface area (Å²) in [5, 5.41) is 3.56. The van der Waals surface area contributed by atoms with E-state index in [9.17, 15) is 4.79 Å². The smallest absolute Gasteiger partial charge is 0.173 e. The molecule has 0 unspecified atom stereocenters. The zero-order chi connectivity index (χ0) is 9.35. The molecule has 0 radical (unpaired) electrons. The lowest BCUT2D eigenvalue weighted by atomic mass is 9.87. The summed E-state index contributed by atoms with van der Waals surface area (Å²) in [7, 11) is 0. The fraction of sp³-hybridized carbons (Fsp3) is 0.556.